The first kappa shape index (κ1) is 14.9. The van der Waals surface area contributed by atoms with Crippen LogP contribution in [0.15, 0.2) is 18.3 Å². The summed E-state index contributed by atoms with van der Waals surface area (Å²) < 4.78 is 0. The monoisotopic (exact) mass is 278 g/mol. The van der Waals surface area contributed by atoms with Gasteiger partial charge in [0.15, 0.2) is 0 Å². The lowest BCUT2D eigenvalue weighted by Gasteiger charge is -2.39. The van der Waals surface area contributed by atoms with Crippen LogP contribution in [0.4, 0.5) is 0 Å². The molecule has 0 unspecified atom stereocenters. The lowest BCUT2D eigenvalue weighted by molar-refractivity contribution is 0.0696. The molecule has 1 saturated carbocycles. The van der Waals surface area contributed by atoms with E-state index in [0.717, 1.165) is 37.3 Å². The lowest BCUT2D eigenvalue weighted by Crippen LogP contribution is -2.50. The summed E-state index contributed by atoms with van der Waals surface area (Å²) in [4.78, 5) is 14.9. The topological polar surface area (TPSA) is 82.5 Å². The van der Waals surface area contributed by atoms with Gasteiger partial charge >= 0.3 is 5.97 Å². The second-order valence-electron chi connectivity index (χ2n) is 5.82. The minimum Gasteiger partial charge on any atom is -0.478 e. The van der Waals surface area contributed by atoms with Crippen LogP contribution in [-0.4, -0.2) is 33.3 Å². The molecule has 110 valence electrons. The van der Waals surface area contributed by atoms with Gasteiger partial charge in [0.25, 0.3) is 0 Å². The van der Waals surface area contributed by atoms with E-state index in [1.807, 2.05) is 0 Å². The Balaban J connectivity index is 1.94. The third-order valence-electron chi connectivity index (χ3n) is 4.25. The SMILES string of the molecule is CC1CCC(CO)(NCc2ccc(C(=O)O)cn2)CC1. The number of hydrogen-bond acceptors (Lipinski definition) is 4. The van der Waals surface area contributed by atoms with Crippen molar-refractivity contribution in [1.29, 1.82) is 0 Å². The minimum atomic E-state index is -0.967. The van der Waals surface area contributed by atoms with Crippen LogP contribution in [0.1, 0.15) is 48.7 Å². The highest BCUT2D eigenvalue weighted by molar-refractivity contribution is 5.87. The minimum absolute atomic E-state index is 0.132. The molecule has 0 bridgehead atoms. The average molecular weight is 278 g/mol. The second-order valence-corrected chi connectivity index (χ2v) is 5.82. The van der Waals surface area contributed by atoms with E-state index in [1.54, 1.807) is 12.1 Å². The van der Waals surface area contributed by atoms with Gasteiger partial charge in [-0.25, -0.2) is 4.79 Å². The molecule has 1 heterocycles. The van der Waals surface area contributed by atoms with Crippen LogP contribution in [0, 0.1) is 5.92 Å². The summed E-state index contributed by atoms with van der Waals surface area (Å²) in [6.45, 7) is 2.93. The highest BCUT2D eigenvalue weighted by Gasteiger charge is 2.32. The number of aliphatic hydroxyl groups is 1. The van der Waals surface area contributed by atoms with E-state index < -0.39 is 5.97 Å². The molecule has 0 spiro atoms. The molecule has 0 saturated heterocycles. The Morgan fingerprint density at radius 3 is 2.65 bits per heavy atom. The summed E-state index contributed by atoms with van der Waals surface area (Å²) in [5, 5.41) is 21.9. The summed E-state index contributed by atoms with van der Waals surface area (Å²) >= 11 is 0. The number of aliphatic hydroxyl groups excluding tert-OH is 1. The molecule has 1 aliphatic rings. The van der Waals surface area contributed by atoms with Crippen molar-refractivity contribution >= 4 is 5.97 Å². The van der Waals surface area contributed by atoms with Crippen LogP contribution in [0.2, 0.25) is 0 Å². The van der Waals surface area contributed by atoms with E-state index in [-0.39, 0.29) is 17.7 Å². The van der Waals surface area contributed by atoms with Gasteiger partial charge in [-0.05, 0) is 43.7 Å². The molecule has 0 aromatic carbocycles. The normalized spacial score (nSPS) is 26.4. The maximum atomic E-state index is 10.8. The number of pyridine rings is 1. The number of aromatic nitrogens is 1. The number of carboxylic acid groups (broad SMARTS) is 1. The Morgan fingerprint density at radius 2 is 2.15 bits per heavy atom. The number of nitrogens with zero attached hydrogens (tertiary/aromatic N) is 1. The molecule has 5 nitrogen and oxygen atoms in total. The zero-order chi connectivity index (χ0) is 14.6. The zero-order valence-corrected chi connectivity index (χ0v) is 11.8. The van der Waals surface area contributed by atoms with E-state index in [0.29, 0.717) is 6.54 Å². The maximum Gasteiger partial charge on any atom is 0.337 e. The number of carbonyl (C=O) groups is 1. The van der Waals surface area contributed by atoms with Gasteiger partial charge < -0.3 is 15.5 Å². The fourth-order valence-corrected chi connectivity index (χ4v) is 2.64. The van der Waals surface area contributed by atoms with Crippen molar-refractivity contribution in [2.45, 2.75) is 44.7 Å². The zero-order valence-electron chi connectivity index (χ0n) is 11.8. The molecule has 5 heteroatoms. The van der Waals surface area contributed by atoms with E-state index in [1.165, 1.54) is 6.20 Å². The summed E-state index contributed by atoms with van der Waals surface area (Å²) in [6, 6.07) is 3.27. The summed E-state index contributed by atoms with van der Waals surface area (Å²) in [7, 11) is 0. The van der Waals surface area contributed by atoms with E-state index in [9.17, 15) is 9.90 Å². The van der Waals surface area contributed by atoms with Crippen molar-refractivity contribution in [1.82, 2.24) is 10.3 Å². The van der Waals surface area contributed by atoms with Crippen LogP contribution in [0.3, 0.4) is 0 Å². The molecule has 20 heavy (non-hydrogen) atoms. The number of carboxylic acids is 1. The maximum absolute atomic E-state index is 10.8. The molecule has 1 aromatic rings. The molecule has 1 aromatic heterocycles. The van der Waals surface area contributed by atoms with E-state index in [2.05, 4.69) is 17.2 Å². The second kappa shape index (κ2) is 6.33. The standard InChI is InChI=1S/C15H22N2O3/c1-11-4-6-15(10-18,7-5-11)17-9-13-3-2-12(8-16-13)14(19)20/h2-3,8,11,17-18H,4-7,9-10H2,1H3,(H,19,20). The van der Waals surface area contributed by atoms with Crippen molar-refractivity contribution in [3.05, 3.63) is 29.6 Å². The molecule has 0 atom stereocenters. The molecule has 1 aliphatic carbocycles. The largest absolute Gasteiger partial charge is 0.478 e. The summed E-state index contributed by atoms with van der Waals surface area (Å²) in [6.07, 6.45) is 5.56. The van der Waals surface area contributed by atoms with Crippen LogP contribution >= 0.6 is 0 Å². The first-order valence-electron chi connectivity index (χ1n) is 7.09. The fourth-order valence-electron chi connectivity index (χ4n) is 2.64. The molecule has 0 amide bonds. The summed E-state index contributed by atoms with van der Waals surface area (Å²) in [5.74, 6) is -0.241. The van der Waals surface area contributed by atoms with Crippen LogP contribution < -0.4 is 5.32 Å². The number of nitrogens with one attached hydrogen (secondary N) is 1. The van der Waals surface area contributed by atoms with Crippen LogP contribution in [0.5, 0.6) is 0 Å². The van der Waals surface area contributed by atoms with Crippen molar-refractivity contribution < 1.29 is 15.0 Å². The third kappa shape index (κ3) is 3.55. The van der Waals surface area contributed by atoms with Gasteiger partial charge in [-0.15, -0.1) is 0 Å². The Labute approximate surface area is 119 Å². The Bertz CT molecular complexity index is 451. The molecule has 2 rings (SSSR count). The molecular formula is C15H22N2O3. The quantitative estimate of drug-likeness (QED) is 0.765. The number of aromatic carboxylic acids is 1. The van der Waals surface area contributed by atoms with Crippen LogP contribution in [-0.2, 0) is 6.54 Å². The molecule has 3 N–H and O–H groups in total. The highest BCUT2D eigenvalue weighted by atomic mass is 16.4. The Kier molecular flexibility index (Phi) is 4.73. The number of hydrogen-bond donors (Lipinski definition) is 3. The predicted molar refractivity (Wildman–Crippen MR) is 75.5 cm³/mol. The van der Waals surface area contributed by atoms with E-state index >= 15 is 0 Å². The number of rotatable bonds is 5. The van der Waals surface area contributed by atoms with Gasteiger partial charge in [-0.2, -0.15) is 0 Å². The van der Waals surface area contributed by atoms with E-state index in [4.69, 9.17) is 5.11 Å². The van der Waals surface area contributed by atoms with Crippen molar-refractivity contribution in [2.75, 3.05) is 6.61 Å². The first-order chi connectivity index (χ1) is 9.54. The van der Waals surface area contributed by atoms with Gasteiger partial charge in [-0.3, -0.25) is 4.98 Å². The van der Waals surface area contributed by atoms with Gasteiger partial charge in [0.1, 0.15) is 0 Å². The Hall–Kier alpha value is -1.46. The smallest absolute Gasteiger partial charge is 0.337 e. The van der Waals surface area contributed by atoms with Gasteiger partial charge in [0, 0.05) is 18.3 Å². The molecular weight excluding hydrogens is 256 g/mol. The Morgan fingerprint density at radius 1 is 1.45 bits per heavy atom. The molecule has 0 aliphatic heterocycles. The van der Waals surface area contributed by atoms with Crippen LogP contribution in [0.25, 0.3) is 0 Å². The van der Waals surface area contributed by atoms with Crippen molar-refractivity contribution in [2.24, 2.45) is 5.92 Å². The fraction of sp³-hybridized carbons (Fsp3) is 0.600. The highest BCUT2D eigenvalue weighted by Crippen LogP contribution is 2.31. The molecule has 1 fully saturated rings. The lowest BCUT2D eigenvalue weighted by atomic mass is 9.77. The third-order valence-corrected chi connectivity index (χ3v) is 4.25. The summed E-state index contributed by atoms with van der Waals surface area (Å²) in [5.41, 5.74) is 0.776. The predicted octanol–water partition coefficient (Wildman–Crippen LogP) is 1.81. The van der Waals surface area contributed by atoms with Crippen molar-refractivity contribution in [3.8, 4) is 0 Å². The average Bonchev–Trinajstić information content (AvgIpc) is 2.48. The first-order valence-corrected chi connectivity index (χ1v) is 7.09. The van der Waals surface area contributed by atoms with Gasteiger partial charge in [0.2, 0.25) is 0 Å². The van der Waals surface area contributed by atoms with Crippen molar-refractivity contribution in [3.63, 3.8) is 0 Å². The molecule has 0 radical (unpaired) electrons. The van der Waals surface area contributed by atoms with Gasteiger partial charge in [0.05, 0.1) is 17.9 Å². The van der Waals surface area contributed by atoms with Gasteiger partial charge in [-0.1, -0.05) is 6.92 Å².